The van der Waals surface area contributed by atoms with Crippen LogP contribution >= 0.6 is 11.6 Å². The predicted molar refractivity (Wildman–Crippen MR) is 45.3 cm³/mol. The van der Waals surface area contributed by atoms with E-state index in [9.17, 15) is 0 Å². The minimum Gasteiger partial charge on any atom is -0.301 e. The van der Waals surface area contributed by atoms with Crippen LogP contribution in [-0.4, -0.2) is 12.0 Å². The van der Waals surface area contributed by atoms with Crippen LogP contribution in [0.4, 0.5) is 0 Å². The van der Waals surface area contributed by atoms with Crippen LogP contribution < -0.4 is 5.32 Å². The van der Waals surface area contributed by atoms with Crippen molar-refractivity contribution in [1.29, 1.82) is 0 Å². The quantitative estimate of drug-likeness (QED) is 0.352. The Kier molecular flexibility index (Phi) is 3.23. The molecule has 0 spiro atoms. The first kappa shape index (κ1) is 8.09. The van der Waals surface area contributed by atoms with E-state index >= 15 is 0 Å². The third-order valence-electron chi connectivity index (χ3n) is 1.75. The Morgan fingerprint density at radius 3 is 3.20 bits per heavy atom. The average Bonchev–Trinajstić information content (AvgIpc) is 1.88. The van der Waals surface area contributed by atoms with Crippen molar-refractivity contribution in [3.63, 3.8) is 0 Å². The van der Waals surface area contributed by atoms with Crippen LogP contribution in [0, 0.1) is 0 Å². The summed E-state index contributed by atoms with van der Waals surface area (Å²) < 4.78 is 0. The molecule has 1 aliphatic rings. The summed E-state index contributed by atoms with van der Waals surface area (Å²) in [7, 11) is 0. The van der Waals surface area contributed by atoms with Crippen molar-refractivity contribution in [3.05, 3.63) is 11.6 Å². The van der Waals surface area contributed by atoms with Crippen LogP contribution in [0.5, 0.6) is 0 Å². The summed E-state index contributed by atoms with van der Waals surface area (Å²) >= 11 is 5.90. The van der Waals surface area contributed by atoms with Crippen LogP contribution in [0.3, 0.4) is 0 Å². The molecule has 1 unspecified atom stereocenters. The van der Waals surface area contributed by atoms with Gasteiger partial charge in [-0.1, -0.05) is 18.6 Å². The maximum atomic E-state index is 5.90. The van der Waals surface area contributed by atoms with Crippen LogP contribution in [0.25, 0.3) is 0 Å². The van der Waals surface area contributed by atoms with Gasteiger partial charge < -0.3 is 5.32 Å². The summed E-state index contributed by atoms with van der Waals surface area (Å²) in [6.07, 6.45) is 5.63. The number of alkyl halides is 1. The molecule has 0 saturated carbocycles. The predicted octanol–water partition coefficient (Wildman–Crippen LogP) is 2.27. The summed E-state index contributed by atoms with van der Waals surface area (Å²) in [5.74, 6) is 0. The molecule has 0 bridgehead atoms. The maximum Gasteiger partial charge on any atom is 0.0863 e. The SMILES string of the molecule is CC/C=C1/CCNC(Cl)C1. The topological polar surface area (TPSA) is 12.0 Å². The molecule has 2 heteroatoms. The molecule has 1 fully saturated rings. The van der Waals surface area contributed by atoms with Crippen LogP contribution in [-0.2, 0) is 0 Å². The van der Waals surface area contributed by atoms with Gasteiger partial charge >= 0.3 is 0 Å². The molecule has 1 nitrogen and oxygen atoms in total. The second kappa shape index (κ2) is 3.99. The van der Waals surface area contributed by atoms with Gasteiger partial charge in [0.15, 0.2) is 0 Å². The van der Waals surface area contributed by atoms with E-state index in [1.807, 2.05) is 0 Å². The monoisotopic (exact) mass is 159 g/mol. The number of hydrogen-bond donors (Lipinski definition) is 1. The molecular formula is C8H14ClN. The highest BCUT2D eigenvalue weighted by atomic mass is 35.5. The zero-order valence-corrected chi connectivity index (χ0v) is 7.12. The van der Waals surface area contributed by atoms with Crippen molar-refractivity contribution in [2.24, 2.45) is 0 Å². The number of piperidine rings is 1. The molecule has 1 heterocycles. The lowest BCUT2D eigenvalue weighted by Crippen LogP contribution is -2.30. The fraction of sp³-hybridized carbons (Fsp3) is 0.750. The largest absolute Gasteiger partial charge is 0.301 e. The molecule has 1 saturated heterocycles. The molecular weight excluding hydrogens is 146 g/mol. The van der Waals surface area contributed by atoms with Gasteiger partial charge in [0, 0.05) is 6.54 Å². The van der Waals surface area contributed by atoms with Crippen molar-refractivity contribution >= 4 is 11.6 Å². The molecule has 1 rings (SSSR count). The zero-order chi connectivity index (χ0) is 7.40. The smallest absolute Gasteiger partial charge is 0.0863 e. The summed E-state index contributed by atoms with van der Waals surface area (Å²) in [6.45, 7) is 3.21. The zero-order valence-electron chi connectivity index (χ0n) is 6.36. The summed E-state index contributed by atoms with van der Waals surface area (Å²) in [5, 5.41) is 3.19. The molecule has 1 atom stereocenters. The normalized spacial score (nSPS) is 31.0. The first-order chi connectivity index (χ1) is 4.83. The standard InChI is InChI=1S/C8H14ClN/c1-2-3-7-4-5-10-8(9)6-7/h3,8,10H,2,4-6H2,1H3/b7-3-. The molecule has 0 radical (unpaired) electrons. The Morgan fingerprint density at radius 2 is 2.60 bits per heavy atom. The Labute approximate surface area is 67.5 Å². The van der Waals surface area contributed by atoms with Crippen molar-refractivity contribution in [2.45, 2.75) is 31.7 Å². The number of halogens is 1. The minimum absolute atomic E-state index is 0.173. The van der Waals surface area contributed by atoms with Crippen molar-refractivity contribution < 1.29 is 0 Å². The van der Waals surface area contributed by atoms with Gasteiger partial charge in [-0.05, 0) is 19.3 Å². The number of allylic oxidation sites excluding steroid dienone is 1. The third kappa shape index (κ3) is 2.31. The summed E-state index contributed by atoms with van der Waals surface area (Å²) in [6, 6.07) is 0. The molecule has 1 N–H and O–H groups in total. The minimum atomic E-state index is 0.173. The lowest BCUT2D eigenvalue weighted by Gasteiger charge is -2.20. The van der Waals surface area contributed by atoms with E-state index in [1.165, 1.54) is 12.0 Å². The Balaban J connectivity index is 2.39. The number of rotatable bonds is 1. The van der Waals surface area contributed by atoms with E-state index < -0.39 is 0 Å². The van der Waals surface area contributed by atoms with E-state index in [0.717, 1.165) is 19.4 Å². The molecule has 0 aliphatic carbocycles. The van der Waals surface area contributed by atoms with Gasteiger partial charge in [-0.25, -0.2) is 0 Å². The van der Waals surface area contributed by atoms with Gasteiger partial charge in [0.2, 0.25) is 0 Å². The fourth-order valence-corrected chi connectivity index (χ4v) is 1.58. The van der Waals surface area contributed by atoms with E-state index in [1.54, 1.807) is 0 Å². The van der Waals surface area contributed by atoms with Gasteiger partial charge in [0.25, 0.3) is 0 Å². The van der Waals surface area contributed by atoms with Gasteiger partial charge in [0.1, 0.15) is 0 Å². The molecule has 10 heavy (non-hydrogen) atoms. The molecule has 0 aromatic rings. The summed E-state index contributed by atoms with van der Waals surface area (Å²) in [5.41, 5.74) is 1.69. The molecule has 0 aromatic carbocycles. The maximum absolute atomic E-state index is 5.90. The fourth-order valence-electron chi connectivity index (χ4n) is 1.27. The first-order valence-corrected chi connectivity index (χ1v) is 4.32. The highest BCUT2D eigenvalue weighted by molar-refractivity contribution is 6.20. The second-order valence-corrected chi connectivity index (χ2v) is 3.17. The van der Waals surface area contributed by atoms with E-state index in [0.29, 0.717) is 0 Å². The van der Waals surface area contributed by atoms with E-state index in [4.69, 9.17) is 11.6 Å². The number of nitrogens with one attached hydrogen (secondary N) is 1. The summed E-state index contributed by atoms with van der Waals surface area (Å²) in [4.78, 5) is 0. The van der Waals surface area contributed by atoms with Crippen LogP contribution in [0.1, 0.15) is 26.2 Å². The molecule has 1 aliphatic heterocycles. The van der Waals surface area contributed by atoms with Crippen molar-refractivity contribution in [2.75, 3.05) is 6.54 Å². The van der Waals surface area contributed by atoms with Gasteiger partial charge in [0.05, 0.1) is 5.50 Å². The van der Waals surface area contributed by atoms with Gasteiger partial charge in [-0.2, -0.15) is 0 Å². The lowest BCUT2D eigenvalue weighted by molar-refractivity contribution is 0.567. The van der Waals surface area contributed by atoms with Crippen molar-refractivity contribution in [1.82, 2.24) is 5.32 Å². The third-order valence-corrected chi connectivity index (χ3v) is 2.05. The second-order valence-electron chi connectivity index (χ2n) is 2.65. The molecule has 0 aromatic heterocycles. The first-order valence-electron chi connectivity index (χ1n) is 3.88. The van der Waals surface area contributed by atoms with Gasteiger partial charge in [-0.15, -0.1) is 11.6 Å². The lowest BCUT2D eigenvalue weighted by atomic mass is 10.0. The molecule has 0 amide bonds. The van der Waals surface area contributed by atoms with Crippen LogP contribution in [0.15, 0.2) is 11.6 Å². The van der Waals surface area contributed by atoms with Crippen LogP contribution in [0.2, 0.25) is 0 Å². The van der Waals surface area contributed by atoms with E-state index in [2.05, 4.69) is 18.3 Å². The van der Waals surface area contributed by atoms with E-state index in [-0.39, 0.29) is 5.50 Å². The Bertz CT molecular complexity index is 131. The van der Waals surface area contributed by atoms with Gasteiger partial charge in [-0.3, -0.25) is 0 Å². The highest BCUT2D eigenvalue weighted by Crippen LogP contribution is 2.17. The van der Waals surface area contributed by atoms with Crippen molar-refractivity contribution in [3.8, 4) is 0 Å². The molecule has 58 valence electrons. The highest BCUT2D eigenvalue weighted by Gasteiger charge is 2.11. The Morgan fingerprint density at radius 1 is 1.80 bits per heavy atom. The average molecular weight is 160 g/mol. The number of hydrogen-bond acceptors (Lipinski definition) is 1. The Hall–Kier alpha value is -0.0100.